The first-order valence-corrected chi connectivity index (χ1v) is 8.67. The molecule has 0 unspecified atom stereocenters. The number of carbonyl (C=O) groups is 3. The first kappa shape index (κ1) is 20.8. The smallest absolute Gasteiger partial charge is 0.236 e. The van der Waals surface area contributed by atoms with Crippen LogP contribution in [0.1, 0.15) is 26.3 Å². The molecule has 2 amide bonds. The number of amides is 2. The van der Waals surface area contributed by atoms with Gasteiger partial charge in [0.25, 0.3) is 0 Å². The van der Waals surface area contributed by atoms with Gasteiger partial charge in [-0.1, -0.05) is 30.3 Å². The molecule has 6 nitrogen and oxygen atoms in total. The molecular formula is C19H29N3O3. The van der Waals surface area contributed by atoms with E-state index in [4.69, 9.17) is 0 Å². The van der Waals surface area contributed by atoms with Crippen LogP contribution in [0.15, 0.2) is 30.3 Å². The molecule has 0 aromatic heterocycles. The standard InChI is InChI=1S/C19H29N3O3/c1-5-22(6-2)19(25)14-21(4)13-18(24)20-17(15(3)23)12-16-10-8-7-9-11-16/h7-11,17H,5-6,12-14H2,1-4H3,(H,20,24)/t17-/m1/s1. The van der Waals surface area contributed by atoms with Crippen molar-refractivity contribution < 1.29 is 14.4 Å². The molecule has 1 N–H and O–H groups in total. The molecular weight excluding hydrogens is 318 g/mol. The summed E-state index contributed by atoms with van der Waals surface area (Å²) in [5.41, 5.74) is 0.994. The lowest BCUT2D eigenvalue weighted by molar-refractivity contribution is -0.133. The summed E-state index contributed by atoms with van der Waals surface area (Å²) in [6, 6.07) is 9.02. The number of likely N-dealkylation sites (N-methyl/N-ethyl adjacent to an activating group) is 2. The van der Waals surface area contributed by atoms with Gasteiger partial charge >= 0.3 is 0 Å². The molecule has 25 heavy (non-hydrogen) atoms. The van der Waals surface area contributed by atoms with E-state index in [2.05, 4.69) is 5.32 Å². The van der Waals surface area contributed by atoms with E-state index in [9.17, 15) is 14.4 Å². The van der Waals surface area contributed by atoms with E-state index >= 15 is 0 Å². The van der Waals surface area contributed by atoms with Crippen LogP contribution in [0.25, 0.3) is 0 Å². The highest BCUT2D eigenvalue weighted by Crippen LogP contribution is 2.04. The molecule has 0 saturated heterocycles. The first-order valence-electron chi connectivity index (χ1n) is 8.67. The number of carbonyl (C=O) groups excluding carboxylic acids is 3. The molecule has 0 heterocycles. The maximum absolute atomic E-state index is 12.2. The molecule has 6 heteroatoms. The summed E-state index contributed by atoms with van der Waals surface area (Å²) in [5, 5.41) is 2.77. The Hall–Kier alpha value is -2.21. The van der Waals surface area contributed by atoms with E-state index in [-0.39, 0.29) is 30.7 Å². The van der Waals surface area contributed by atoms with E-state index in [0.29, 0.717) is 19.5 Å². The van der Waals surface area contributed by atoms with Crippen molar-refractivity contribution in [1.29, 1.82) is 0 Å². The predicted octanol–water partition coefficient (Wildman–Crippen LogP) is 1.10. The van der Waals surface area contributed by atoms with Gasteiger partial charge in [-0.3, -0.25) is 19.3 Å². The van der Waals surface area contributed by atoms with Gasteiger partial charge in [0.2, 0.25) is 11.8 Å². The SMILES string of the molecule is CCN(CC)C(=O)CN(C)CC(=O)N[C@H](Cc1ccccc1)C(C)=O. The molecule has 0 aliphatic carbocycles. The Kier molecular flexibility index (Phi) is 8.84. The summed E-state index contributed by atoms with van der Waals surface area (Å²) in [4.78, 5) is 39.5. The summed E-state index contributed by atoms with van der Waals surface area (Å²) in [7, 11) is 1.72. The average Bonchev–Trinajstić information content (AvgIpc) is 2.55. The van der Waals surface area contributed by atoms with Crippen molar-refractivity contribution in [2.24, 2.45) is 0 Å². The molecule has 0 saturated carbocycles. The van der Waals surface area contributed by atoms with Gasteiger partial charge < -0.3 is 10.2 Å². The van der Waals surface area contributed by atoms with Gasteiger partial charge in [0.05, 0.1) is 19.1 Å². The lowest BCUT2D eigenvalue weighted by atomic mass is 10.0. The number of ketones is 1. The van der Waals surface area contributed by atoms with Gasteiger partial charge in [-0.25, -0.2) is 0 Å². The summed E-state index contributed by atoms with van der Waals surface area (Å²) >= 11 is 0. The largest absolute Gasteiger partial charge is 0.345 e. The lowest BCUT2D eigenvalue weighted by Crippen LogP contribution is -2.47. The predicted molar refractivity (Wildman–Crippen MR) is 98.2 cm³/mol. The maximum atomic E-state index is 12.2. The Bertz CT molecular complexity index is 571. The minimum Gasteiger partial charge on any atom is -0.345 e. The van der Waals surface area contributed by atoms with Crippen LogP contribution in [0.4, 0.5) is 0 Å². The van der Waals surface area contributed by atoms with Gasteiger partial charge in [0, 0.05) is 13.1 Å². The molecule has 1 aromatic carbocycles. The number of Topliss-reactive ketones (excluding diaryl/α,β-unsaturated/α-hetero) is 1. The molecule has 1 rings (SSSR count). The summed E-state index contributed by atoms with van der Waals surface area (Å²) < 4.78 is 0. The highest BCUT2D eigenvalue weighted by Gasteiger charge is 2.20. The second-order valence-electron chi connectivity index (χ2n) is 6.16. The second kappa shape index (κ2) is 10.6. The van der Waals surface area contributed by atoms with Crippen molar-refractivity contribution in [3.8, 4) is 0 Å². The molecule has 1 atom stereocenters. The minimum atomic E-state index is -0.554. The summed E-state index contributed by atoms with van der Waals surface area (Å²) in [6.07, 6.45) is 0.462. The van der Waals surface area contributed by atoms with Crippen LogP contribution in [0.5, 0.6) is 0 Å². The van der Waals surface area contributed by atoms with Crippen LogP contribution >= 0.6 is 0 Å². The fourth-order valence-electron chi connectivity index (χ4n) is 2.59. The number of hydrogen-bond donors (Lipinski definition) is 1. The zero-order valence-electron chi connectivity index (χ0n) is 15.6. The Balaban J connectivity index is 2.54. The van der Waals surface area contributed by atoms with E-state index in [1.54, 1.807) is 16.8 Å². The fraction of sp³-hybridized carbons (Fsp3) is 0.526. The van der Waals surface area contributed by atoms with Gasteiger partial charge in [-0.15, -0.1) is 0 Å². The van der Waals surface area contributed by atoms with E-state index in [1.807, 2.05) is 44.2 Å². The Labute approximate surface area is 150 Å². The average molecular weight is 347 g/mol. The van der Waals surface area contributed by atoms with Crippen molar-refractivity contribution in [2.75, 3.05) is 33.2 Å². The zero-order valence-corrected chi connectivity index (χ0v) is 15.6. The van der Waals surface area contributed by atoms with Gasteiger partial charge in [-0.05, 0) is 39.8 Å². The monoisotopic (exact) mass is 347 g/mol. The topological polar surface area (TPSA) is 69.7 Å². The van der Waals surface area contributed by atoms with Crippen molar-refractivity contribution in [2.45, 2.75) is 33.2 Å². The van der Waals surface area contributed by atoms with Crippen LogP contribution in [0.2, 0.25) is 0 Å². The Morgan fingerprint density at radius 1 is 1.04 bits per heavy atom. The summed E-state index contributed by atoms with van der Waals surface area (Å²) in [5.74, 6) is -0.349. The zero-order chi connectivity index (χ0) is 18.8. The third-order valence-corrected chi connectivity index (χ3v) is 4.04. The van der Waals surface area contributed by atoms with E-state index in [0.717, 1.165) is 5.56 Å². The van der Waals surface area contributed by atoms with Gasteiger partial charge in [-0.2, -0.15) is 0 Å². The molecule has 0 spiro atoms. The lowest BCUT2D eigenvalue weighted by Gasteiger charge is -2.23. The second-order valence-corrected chi connectivity index (χ2v) is 6.16. The molecule has 1 aromatic rings. The van der Waals surface area contributed by atoms with Crippen LogP contribution in [-0.2, 0) is 20.8 Å². The fourth-order valence-corrected chi connectivity index (χ4v) is 2.59. The van der Waals surface area contributed by atoms with E-state index in [1.165, 1.54) is 6.92 Å². The van der Waals surface area contributed by atoms with Crippen LogP contribution in [-0.4, -0.2) is 66.7 Å². The maximum Gasteiger partial charge on any atom is 0.236 e. The van der Waals surface area contributed by atoms with Crippen LogP contribution in [0, 0.1) is 0 Å². The quantitative estimate of drug-likeness (QED) is 0.688. The Morgan fingerprint density at radius 2 is 1.64 bits per heavy atom. The molecule has 0 aliphatic heterocycles. The molecule has 0 bridgehead atoms. The molecule has 0 radical (unpaired) electrons. The van der Waals surface area contributed by atoms with Crippen molar-refractivity contribution >= 4 is 17.6 Å². The Morgan fingerprint density at radius 3 is 2.16 bits per heavy atom. The van der Waals surface area contributed by atoms with Crippen molar-refractivity contribution in [1.82, 2.24) is 15.1 Å². The molecule has 138 valence electrons. The van der Waals surface area contributed by atoms with Crippen molar-refractivity contribution in [3.05, 3.63) is 35.9 Å². The first-order chi connectivity index (χ1) is 11.9. The highest BCUT2D eigenvalue weighted by molar-refractivity contribution is 5.88. The van der Waals surface area contributed by atoms with Gasteiger partial charge in [0.15, 0.2) is 5.78 Å². The van der Waals surface area contributed by atoms with Crippen molar-refractivity contribution in [3.63, 3.8) is 0 Å². The third-order valence-electron chi connectivity index (χ3n) is 4.04. The number of nitrogens with zero attached hydrogens (tertiary/aromatic N) is 2. The van der Waals surface area contributed by atoms with Gasteiger partial charge in [0.1, 0.15) is 0 Å². The molecule has 0 fully saturated rings. The number of rotatable bonds is 10. The van der Waals surface area contributed by atoms with Crippen LogP contribution in [0.3, 0.4) is 0 Å². The number of hydrogen-bond acceptors (Lipinski definition) is 4. The highest BCUT2D eigenvalue weighted by atomic mass is 16.2. The van der Waals surface area contributed by atoms with Crippen LogP contribution < -0.4 is 5.32 Å². The normalized spacial score (nSPS) is 11.9. The molecule has 0 aliphatic rings. The minimum absolute atomic E-state index is 0.00676. The third kappa shape index (κ3) is 7.47. The van der Waals surface area contributed by atoms with E-state index < -0.39 is 6.04 Å². The number of benzene rings is 1. The summed E-state index contributed by atoms with van der Waals surface area (Å²) in [6.45, 7) is 6.88. The number of nitrogens with one attached hydrogen (secondary N) is 1.